The molecular weight excluding hydrogens is 290 g/mol. The molecule has 3 atom stereocenters. The van der Waals surface area contributed by atoms with Gasteiger partial charge < -0.3 is 10.2 Å². The van der Waals surface area contributed by atoms with Gasteiger partial charge in [-0.3, -0.25) is 10.1 Å². The van der Waals surface area contributed by atoms with Crippen molar-refractivity contribution in [2.75, 3.05) is 25.0 Å². The zero-order valence-electron chi connectivity index (χ0n) is 13.5. The Morgan fingerprint density at radius 1 is 1.04 bits per heavy atom. The Morgan fingerprint density at radius 2 is 1.78 bits per heavy atom. The Balaban J connectivity index is 1.43. The van der Waals surface area contributed by atoms with Gasteiger partial charge >= 0.3 is 6.03 Å². The van der Waals surface area contributed by atoms with E-state index in [-0.39, 0.29) is 5.91 Å². The van der Waals surface area contributed by atoms with E-state index in [0.717, 1.165) is 24.9 Å². The van der Waals surface area contributed by atoms with Gasteiger partial charge in [-0.05, 0) is 37.3 Å². The lowest BCUT2D eigenvalue weighted by molar-refractivity contribution is -0.902. The number of urea groups is 1. The number of fused-ring (bicyclic) bond motifs is 1. The summed E-state index contributed by atoms with van der Waals surface area (Å²) in [5.41, 5.74) is 0.688. The minimum absolute atomic E-state index is 0.192. The Morgan fingerprint density at radius 3 is 2.57 bits per heavy atom. The molecule has 3 rings (SSSR count). The van der Waals surface area contributed by atoms with E-state index in [4.69, 9.17) is 0 Å². The largest absolute Gasteiger partial charge is 0.327 e. The van der Waals surface area contributed by atoms with Crippen LogP contribution in [0, 0.1) is 11.8 Å². The van der Waals surface area contributed by atoms with E-state index in [1.807, 2.05) is 18.2 Å². The van der Waals surface area contributed by atoms with Crippen LogP contribution in [0.15, 0.2) is 30.3 Å². The third-order valence-electron chi connectivity index (χ3n) is 5.18. The summed E-state index contributed by atoms with van der Waals surface area (Å²) in [6, 6.07) is 8.71. The molecule has 3 amide bonds. The normalized spacial score (nSPS) is 26.9. The summed E-state index contributed by atoms with van der Waals surface area (Å²) in [6.45, 7) is 2.53. The fourth-order valence-corrected chi connectivity index (χ4v) is 4.04. The summed E-state index contributed by atoms with van der Waals surface area (Å²) in [6.07, 6.45) is 6.61. The van der Waals surface area contributed by atoms with Crippen LogP contribution in [0.5, 0.6) is 0 Å². The van der Waals surface area contributed by atoms with Crippen LogP contribution < -0.4 is 15.5 Å². The molecule has 1 aliphatic heterocycles. The average molecular weight is 316 g/mol. The Kier molecular flexibility index (Phi) is 5.28. The van der Waals surface area contributed by atoms with Gasteiger partial charge in [-0.2, -0.15) is 0 Å². The maximum Gasteiger partial charge on any atom is 0.326 e. The van der Waals surface area contributed by atoms with Gasteiger partial charge in [0.1, 0.15) is 0 Å². The number of carbonyl (C=O) groups is 2. The van der Waals surface area contributed by atoms with Crippen molar-refractivity contribution in [3.63, 3.8) is 0 Å². The van der Waals surface area contributed by atoms with E-state index >= 15 is 0 Å². The third kappa shape index (κ3) is 4.55. The molecule has 2 aliphatic rings. The molecule has 23 heavy (non-hydrogen) atoms. The van der Waals surface area contributed by atoms with E-state index in [2.05, 4.69) is 10.6 Å². The summed E-state index contributed by atoms with van der Waals surface area (Å²) in [5, 5.41) is 5.11. The summed E-state index contributed by atoms with van der Waals surface area (Å²) >= 11 is 0. The predicted octanol–water partition coefficient (Wildman–Crippen LogP) is 1.43. The molecule has 1 saturated heterocycles. The van der Waals surface area contributed by atoms with Crippen LogP contribution in [0.4, 0.5) is 10.5 Å². The maximum absolute atomic E-state index is 12.1. The Hall–Kier alpha value is -1.88. The van der Waals surface area contributed by atoms with Crippen molar-refractivity contribution in [2.24, 2.45) is 11.8 Å². The first-order chi connectivity index (χ1) is 11.2. The van der Waals surface area contributed by atoms with Crippen molar-refractivity contribution in [3.05, 3.63) is 30.3 Å². The van der Waals surface area contributed by atoms with Gasteiger partial charge in [-0.15, -0.1) is 0 Å². The van der Waals surface area contributed by atoms with Crippen molar-refractivity contribution in [1.82, 2.24) is 5.32 Å². The number of hydrogen-bond acceptors (Lipinski definition) is 2. The average Bonchev–Trinajstić information content (AvgIpc) is 2.55. The standard InChI is InChI=1S/C18H25N3O2/c22-17(20-18(23)19-16-8-2-1-3-9-16)13-21-11-10-14-6-4-5-7-15(14)12-21/h1-3,8-9,14-15H,4-7,10-13H2,(H2,19,20,22,23)/p+1/t14-,15-/m1/s1. The number of benzene rings is 1. The van der Waals surface area contributed by atoms with E-state index in [1.54, 1.807) is 12.1 Å². The lowest BCUT2D eigenvalue weighted by Gasteiger charge is -2.38. The van der Waals surface area contributed by atoms with Gasteiger partial charge in [0.25, 0.3) is 5.91 Å². The van der Waals surface area contributed by atoms with Crippen LogP contribution in [0.3, 0.4) is 0 Å². The number of carbonyl (C=O) groups excluding carboxylic acids is 2. The molecule has 1 heterocycles. The van der Waals surface area contributed by atoms with Gasteiger partial charge in [0.15, 0.2) is 6.54 Å². The minimum atomic E-state index is -0.451. The summed E-state index contributed by atoms with van der Waals surface area (Å²) in [4.78, 5) is 25.2. The number of anilines is 1. The molecule has 1 unspecified atom stereocenters. The minimum Gasteiger partial charge on any atom is -0.327 e. The number of quaternary nitrogens is 1. The highest BCUT2D eigenvalue weighted by Gasteiger charge is 2.34. The molecule has 0 bridgehead atoms. The van der Waals surface area contributed by atoms with Crippen molar-refractivity contribution >= 4 is 17.6 Å². The van der Waals surface area contributed by atoms with Gasteiger partial charge in [-0.25, -0.2) is 4.79 Å². The molecule has 1 aromatic rings. The van der Waals surface area contributed by atoms with Crippen LogP contribution in [0.2, 0.25) is 0 Å². The highest BCUT2D eigenvalue weighted by molar-refractivity contribution is 6.01. The molecule has 1 aliphatic carbocycles. The molecule has 0 spiro atoms. The quantitative estimate of drug-likeness (QED) is 0.790. The first-order valence-corrected chi connectivity index (χ1v) is 8.70. The maximum atomic E-state index is 12.1. The second kappa shape index (κ2) is 7.59. The molecule has 0 aromatic heterocycles. The first-order valence-electron chi connectivity index (χ1n) is 8.70. The molecule has 124 valence electrons. The monoisotopic (exact) mass is 316 g/mol. The fourth-order valence-electron chi connectivity index (χ4n) is 4.04. The highest BCUT2D eigenvalue weighted by Crippen LogP contribution is 2.32. The van der Waals surface area contributed by atoms with Crippen LogP contribution in [-0.4, -0.2) is 31.6 Å². The summed E-state index contributed by atoms with van der Waals surface area (Å²) in [5.74, 6) is 1.46. The van der Waals surface area contributed by atoms with Crippen molar-refractivity contribution in [3.8, 4) is 0 Å². The second-order valence-electron chi connectivity index (χ2n) is 6.84. The fraction of sp³-hybridized carbons (Fsp3) is 0.556. The molecule has 3 N–H and O–H groups in total. The first kappa shape index (κ1) is 16.0. The second-order valence-corrected chi connectivity index (χ2v) is 6.84. The molecule has 1 saturated carbocycles. The van der Waals surface area contributed by atoms with Crippen LogP contribution >= 0.6 is 0 Å². The number of para-hydroxylation sites is 1. The summed E-state index contributed by atoms with van der Waals surface area (Å²) < 4.78 is 0. The summed E-state index contributed by atoms with van der Waals surface area (Å²) in [7, 11) is 0. The molecule has 2 fully saturated rings. The highest BCUT2D eigenvalue weighted by atomic mass is 16.2. The molecular formula is C18H26N3O2+. The van der Waals surface area contributed by atoms with E-state index in [9.17, 15) is 9.59 Å². The smallest absolute Gasteiger partial charge is 0.326 e. The van der Waals surface area contributed by atoms with E-state index in [1.165, 1.54) is 37.0 Å². The van der Waals surface area contributed by atoms with E-state index < -0.39 is 6.03 Å². The van der Waals surface area contributed by atoms with Gasteiger partial charge in [0, 0.05) is 11.6 Å². The third-order valence-corrected chi connectivity index (χ3v) is 5.18. The zero-order chi connectivity index (χ0) is 16.1. The van der Waals surface area contributed by atoms with Crippen molar-refractivity contribution in [1.29, 1.82) is 0 Å². The Bertz CT molecular complexity index is 546. The number of imide groups is 1. The number of nitrogens with one attached hydrogen (secondary N) is 3. The number of likely N-dealkylation sites (tertiary alicyclic amines) is 1. The SMILES string of the molecule is O=C(C[NH+]1CC[C@H]2CCCC[C@@H]2C1)NC(=O)Nc1ccccc1. The zero-order valence-corrected chi connectivity index (χ0v) is 13.5. The van der Waals surface area contributed by atoms with Crippen molar-refractivity contribution < 1.29 is 14.5 Å². The molecule has 5 heteroatoms. The number of rotatable bonds is 3. The molecule has 5 nitrogen and oxygen atoms in total. The lowest BCUT2D eigenvalue weighted by Crippen LogP contribution is -3.15. The van der Waals surface area contributed by atoms with Crippen LogP contribution in [-0.2, 0) is 4.79 Å². The molecule has 1 aromatic carbocycles. The van der Waals surface area contributed by atoms with Crippen LogP contribution in [0.1, 0.15) is 32.1 Å². The topological polar surface area (TPSA) is 62.6 Å². The van der Waals surface area contributed by atoms with Crippen molar-refractivity contribution in [2.45, 2.75) is 32.1 Å². The van der Waals surface area contributed by atoms with Gasteiger partial charge in [0.2, 0.25) is 0 Å². The van der Waals surface area contributed by atoms with E-state index in [0.29, 0.717) is 12.2 Å². The number of piperidine rings is 1. The van der Waals surface area contributed by atoms with Gasteiger partial charge in [-0.1, -0.05) is 31.0 Å². The lowest BCUT2D eigenvalue weighted by atomic mass is 9.75. The van der Waals surface area contributed by atoms with Gasteiger partial charge in [0.05, 0.1) is 13.1 Å². The molecule has 0 radical (unpaired) electrons. The number of amides is 3. The van der Waals surface area contributed by atoms with Crippen LogP contribution in [0.25, 0.3) is 0 Å². The number of hydrogen-bond donors (Lipinski definition) is 3. The predicted molar refractivity (Wildman–Crippen MR) is 89.2 cm³/mol. The Labute approximate surface area is 137 Å².